The lowest BCUT2D eigenvalue weighted by Crippen LogP contribution is -1.03. The summed E-state index contributed by atoms with van der Waals surface area (Å²) in [4.78, 5) is 0. The zero-order valence-electron chi connectivity index (χ0n) is 3.52. The van der Waals surface area contributed by atoms with E-state index in [1.807, 2.05) is 0 Å². The Morgan fingerprint density at radius 1 is 1.00 bits per heavy atom. The Labute approximate surface area is 52.3 Å². The zero-order valence-corrected chi connectivity index (χ0v) is 5.16. The molecule has 0 saturated heterocycles. The van der Waals surface area contributed by atoms with E-state index < -0.39 is 0 Å². The smallest absolute Gasteiger partial charge is 0.0554 e. The van der Waals surface area contributed by atoms with Crippen LogP contribution in [0.25, 0.3) is 0 Å². The third-order valence-corrected chi connectivity index (χ3v) is 0. The molecule has 5 heteroatoms. The molecule has 3 nitrogen and oxygen atoms in total. The van der Waals surface area contributed by atoms with E-state index in [1.165, 1.54) is 0 Å². The Bertz CT molecular complexity index is 64.9. The van der Waals surface area contributed by atoms with Crippen molar-refractivity contribution in [2.75, 3.05) is 0 Å². The molecular weight excluding hydrogens is 130 g/mol. The van der Waals surface area contributed by atoms with Crippen molar-refractivity contribution in [3.05, 3.63) is 0 Å². The van der Waals surface area contributed by atoms with Gasteiger partial charge in [0.05, 0.1) is 10.3 Å². The molecule has 0 aromatic heterocycles. The summed E-state index contributed by atoms with van der Waals surface area (Å²) in [6.07, 6.45) is 0. The molecule has 0 bridgehead atoms. The largest absolute Gasteiger partial charge is 0.344 e. The highest BCUT2D eigenvalue weighted by Gasteiger charge is 0.978. The first-order valence-corrected chi connectivity index (χ1v) is 1.72. The van der Waals surface area contributed by atoms with Gasteiger partial charge in [-0.25, -0.2) is 10.8 Å². The summed E-state index contributed by atoms with van der Waals surface area (Å²) in [5.74, 6) is 0. The van der Waals surface area contributed by atoms with E-state index in [4.69, 9.17) is 10.8 Å². The van der Waals surface area contributed by atoms with Crippen molar-refractivity contribution >= 4 is 34.8 Å². The number of hydrogen-bond donors (Lipinski definition) is 3. The Kier molecular flexibility index (Phi) is 109. The molecule has 0 unspecified atom stereocenters. The summed E-state index contributed by atoms with van der Waals surface area (Å²) < 4.78 is 0. The quantitative estimate of drug-likeness (QED) is 0.347. The van der Waals surface area contributed by atoms with Crippen LogP contribution >= 0.6 is 24.4 Å². The monoisotopic (exact) mass is 135 g/mol. The van der Waals surface area contributed by atoms with Gasteiger partial charge >= 0.3 is 0 Å². The van der Waals surface area contributed by atoms with Crippen LogP contribution in [0.5, 0.6) is 0 Å². The molecule has 0 radical (unpaired) electrons. The molecule has 0 rings (SSSR count). The van der Waals surface area contributed by atoms with E-state index >= 15 is 0 Å². The summed E-state index contributed by atoms with van der Waals surface area (Å²) in [5, 5.41) is 14.7. The molecule has 0 aliphatic carbocycles. The first-order chi connectivity index (χ1) is 2.83. The highest BCUT2D eigenvalue weighted by molar-refractivity contribution is 7.78. The van der Waals surface area contributed by atoms with E-state index in [9.17, 15) is 0 Å². The predicted molar refractivity (Wildman–Crippen MR) is 35.7 cm³/mol. The lowest BCUT2D eigenvalue weighted by molar-refractivity contribution is 1.61. The molecular formula is C2H5N3S2. The summed E-state index contributed by atoms with van der Waals surface area (Å²) in [6, 6.07) is 0. The zero-order chi connectivity index (χ0) is 5.41. The van der Waals surface area contributed by atoms with Crippen molar-refractivity contribution in [2.45, 2.75) is 0 Å². The Morgan fingerprint density at radius 2 is 1.00 bits per heavy atom. The molecule has 0 aliphatic heterocycles. The van der Waals surface area contributed by atoms with Crippen LogP contribution in [-0.2, 0) is 0 Å². The average Bonchev–Trinajstić information content (AvgIpc) is 1.39. The molecule has 0 saturated carbocycles. The maximum Gasteiger partial charge on any atom is 0.0554 e. The van der Waals surface area contributed by atoms with Crippen LogP contribution in [0.4, 0.5) is 0 Å². The lowest BCUT2D eigenvalue weighted by Gasteiger charge is -1.05. The fraction of sp³-hybridized carbons (Fsp3) is 0. The maximum absolute atomic E-state index is 5.77. The normalized spacial score (nSPS) is 2.29. The van der Waals surface area contributed by atoms with E-state index in [0.717, 1.165) is 0 Å². The van der Waals surface area contributed by atoms with Crippen LogP contribution in [0.2, 0.25) is 0 Å². The molecule has 5 N–H and O–H groups in total. The third kappa shape index (κ3) is 364. The van der Waals surface area contributed by atoms with Crippen molar-refractivity contribution in [3.8, 4) is 0 Å². The summed E-state index contributed by atoms with van der Waals surface area (Å²) >= 11 is 7.62. The Balaban J connectivity index is -0.0000000400. The Morgan fingerprint density at radius 3 is 1.00 bits per heavy atom. The van der Waals surface area contributed by atoms with Gasteiger partial charge in [0.15, 0.2) is 0 Å². The van der Waals surface area contributed by atoms with Gasteiger partial charge in [-0.2, -0.15) is 0 Å². The molecule has 0 heterocycles. The van der Waals surface area contributed by atoms with Crippen LogP contribution in [0.3, 0.4) is 0 Å². The lowest BCUT2D eigenvalue weighted by atomic mass is 11.8. The van der Waals surface area contributed by atoms with Crippen molar-refractivity contribution in [1.29, 1.82) is 10.8 Å². The van der Waals surface area contributed by atoms with Crippen molar-refractivity contribution in [1.82, 2.24) is 6.15 Å². The minimum atomic E-state index is 0. The van der Waals surface area contributed by atoms with Gasteiger partial charge in [0.25, 0.3) is 0 Å². The van der Waals surface area contributed by atoms with E-state index in [2.05, 4.69) is 24.4 Å². The molecule has 40 valence electrons. The number of nitrogens with one attached hydrogen (secondary N) is 2. The second-order valence-electron chi connectivity index (χ2n) is 0.204. The minimum absolute atomic E-state index is 0. The van der Waals surface area contributed by atoms with Gasteiger partial charge in [-0.1, -0.05) is 0 Å². The van der Waals surface area contributed by atoms with Gasteiger partial charge in [-0.15, -0.1) is 0 Å². The van der Waals surface area contributed by atoms with Crippen molar-refractivity contribution < 1.29 is 0 Å². The fourth-order valence-electron chi connectivity index (χ4n) is 0. The van der Waals surface area contributed by atoms with Gasteiger partial charge < -0.3 is 6.15 Å². The van der Waals surface area contributed by atoms with E-state index in [-0.39, 0.29) is 6.15 Å². The fourth-order valence-corrected chi connectivity index (χ4v) is 0. The van der Waals surface area contributed by atoms with Crippen LogP contribution < -0.4 is 6.15 Å². The van der Waals surface area contributed by atoms with Crippen molar-refractivity contribution in [3.63, 3.8) is 0 Å². The SMILES string of the molecule is N.N=C=S.N=C=S. The number of isothiocyanates is 2. The number of rotatable bonds is 0. The summed E-state index contributed by atoms with van der Waals surface area (Å²) in [7, 11) is 0. The highest BCUT2D eigenvalue weighted by atomic mass is 32.1. The molecule has 0 spiro atoms. The second kappa shape index (κ2) is 47.5. The Hall–Kier alpha value is -0.440. The molecule has 0 fully saturated rings. The molecule has 0 aromatic carbocycles. The average molecular weight is 135 g/mol. The van der Waals surface area contributed by atoms with Gasteiger partial charge in [0.2, 0.25) is 0 Å². The second-order valence-corrected chi connectivity index (χ2v) is 0.612. The van der Waals surface area contributed by atoms with E-state index in [0.29, 0.717) is 0 Å². The summed E-state index contributed by atoms with van der Waals surface area (Å²) in [6.45, 7) is 0. The standard InChI is InChI=1S/2CHNS.H3N/c2*2-1-3;/h2*2H;1H3. The minimum Gasteiger partial charge on any atom is -0.344 e. The van der Waals surface area contributed by atoms with Crippen LogP contribution in [0.15, 0.2) is 0 Å². The molecule has 0 aliphatic rings. The van der Waals surface area contributed by atoms with Gasteiger partial charge in [-0.3, -0.25) is 0 Å². The third-order valence-electron chi connectivity index (χ3n) is 0. The molecule has 0 amide bonds. The number of thiocarbonyl (C=S) groups is 2. The first-order valence-electron chi connectivity index (χ1n) is 0.908. The predicted octanol–water partition coefficient (Wildman–Crippen LogP) is 1.50. The molecule has 0 atom stereocenters. The maximum atomic E-state index is 5.77. The number of hydrogen-bond acceptors (Lipinski definition) is 5. The topological polar surface area (TPSA) is 82.7 Å². The first kappa shape index (κ1) is 16.0. The molecule has 7 heavy (non-hydrogen) atoms. The summed E-state index contributed by atoms with van der Waals surface area (Å²) in [5.41, 5.74) is 0. The van der Waals surface area contributed by atoms with Gasteiger partial charge in [0.1, 0.15) is 0 Å². The van der Waals surface area contributed by atoms with Gasteiger partial charge in [-0.05, 0) is 24.4 Å². The van der Waals surface area contributed by atoms with Crippen LogP contribution in [0.1, 0.15) is 0 Å². The van der Waals surface area contributed by atoms with Gasteiger partial charge in [0, 0.05) is 0 Å². The van der Waals surface area contributed by atoms with E-state index in [1.54, 1.807) is 10.3 Å². The van der Waals surface area contributed by atoms with Crippen LogP contribution in [-0.4, -0.2) is 10.3 Å². The van der Waals surface area contributed by atoms with Crippen molar-refractivity contribution in [2.24, 2.45) is 0 Å². The molecule has 0 aromatic rings. The van der Waals surface area contributed by atoms with Crippen LogP contribution in [0, 0.1) is 10.8 Å². The highest BCUT2D eigenvalue weighted by Crippen LogP contribution is 1.16.